The van der Waals surface area contributed by atoms with Crippen LogP contribution in [0.5, 0.6) is 0 Å². The van der Waals surface area contributed by atoms with E-state index in [-0.39, 0.29) is 23.6 Å². The van der Waals surface area contributed by atoms with Gasteiger partial charge in [0.2, 0.25) is 17.7 Å². The minimum absolute atomic E-state index is 0.0161. The maximum Gasteiger partial charge on any atom is 0.227 e. The first kappa shape index (κ1) is 17.5. The number of rotatable bonds is 4. The van der Waals surface area contributed by atoms with Crippen molar-refractivity contribution in [3.8, 4) is 0 Å². The Labute approximate surface area is 148 Å². The molecule has 3 amide bonds. The second kappa shape index (κ2) is 7.68. The summed E-state index contributed by atoms with van der Waals surface area (Å²) < 4.78 is 0. The van der Waals surface area contributed by atoms with Crippen LogP contribution in [0, 0.1) is 5.92 Å². The van der Waals surface area contributed by atoms with E-state index in [4.69, 9.17) is 0 Å². The molecule has 2 aliphatic heterocycles. The molecule has 0 atom stereocenters. The number of aryl methyl sites for hydroxylation is 1. The average Bonchev–Trinajstić information content (AvgIpc) is 2.62. The minimum Gasteiger partial charge on any atom is -0.343 e. The number of fused-ring (bicyclic) bond motifs is 1. The van der Waals surface area contributed by atoms with Crippen LogP contribution in [-0.4, -0.2) is 35.7 Å². The van der Waals surface area contributed by atoms with Crippen LogP contribution in [-0.2, 0) is 20.8 Å². The molecule has 0 aliphatic carbocycles. The van der Waals surface area contributed by atoms with E-state index in [1.54, 1.807) is 0 Å². The molecule has 0 bridgehead atoms. The van der Waals surface area contributed by atoms with Crippen molar-refractivity contribution in [1.29, 1.82) is 0 Å². The highest BCUT2D eigenvalue weighted by atomic mass is 16.2. The van der Waals surface area contributed by atoms with Gasteiger partial charge in [-0.1, -0.05) is 6.92 Å². The van der Waals surface area contributed by atoms with Crippen LogP contribution in [0.2, 0.25) is 0 Å². The Morgan fingerprint density at radius 3 is 2.72 bits per heavy atom. The summed E-state index contributed by atoms with van der Waals surface area (Å²) in [5.74, 6) is 0.190. The van der Waals surface area contributed by atoms with Crippen LogP contribution in [0.3, 0.4) is 0 Å². The molecule has 25 heavy (non-hydrogen) atoms. The van der Waals surface area contributed by atoms with Crippen LogP contribution < -0.4 is 10.6 Å². The number of nitrogens with one attached hydrogen (secondary N) is 2. The second-order valence-corrected chi connectivity index (χ2v) is 6.81. The van der Waals surface area contributed by atoms with Crippen LogP contribution in [0.15, 0.2) is 18.2 Å². The molecule has 0 spiro atoms. The quantitative estimate of drug-likeness (QED) is 0.882. The van der Waals surface area contributed by atoms with Gasteiger partial charge in [-0.05, 0) is 49.4 Å². The van der Waals surface area contributed by atoms with E-state index in [0.717, 1.165) is 23.4 Å². The van der Waals surface area contributed by atoms with Crippen molar-refractivity contribution < 1.29 is 14.4 Å². The molecule has 0 aromatic heterocycles. The predicted molar refractivity (Wildman–Crippen MR) is 96.2 cm³/mol. The lowest BCUT2D eigenvalue weighted by Gasteiger charge is -2.31. The molecule has 1 aromatic carbocycles. The van der Waals surface area contributed by atoms with E-state index in [0.29, 0.717) is 45.2 Å². The Kier molecular flexibility index (Phi) is 5.36. The van der Waals surface area contributed by atoms with E-state index >= 15 is 0 Å². The largest absolute Gasteiger partial charge is 0.343 e. The highest BCUT2D eigenvalue weighted by Gasteiger charge is 2.27. The van der Waals surface area contributed by atoms with Crippen LogP contribution in [0.25, 0.3) is 0 Å². The zero-order valence-corrected chi connectivity index (χ0v) is 14.6. The molecule has 2 aliphatic rings. The predicted octanol–water partition coefficient (Wildman–Crippen LogP) is 2.55. The normalized spacial score (nSPS) is 17.6. The molecule has 1 fully saturated rings. The van der Waals surface area contributed by atoms with Gasteiger partial charge >= 0.3 is 0 Å². The highest BCUT2D eigenvalue weighted by molar-refractivity contribution is 5.96. The molecule has 134 valence electrons. The van der Waals surface area contributed by atoms with E-state index in [9.17, 15) is 14.4 Å². The fraction of sp³-hybridized carbons (Fsp3) is 0.526. The third-order valence-electron chi connectivity index (χ3n) is 4.95. The summed E-state index contributed by atoms with van der Waals surface area (Å²) in [6, 6.07) is 5.60. The number of anilines is 2. The van der Waals surface area contributed by atoms with Crippen molar-refractivity contribution in [2.45, 2.75) is 45.4 Å². The third-order valence-corrected chi connectivity index (χ3v) is 4.95. The second-order valence-electron chi connectivity index (χ2n) is 6.81. The van der Waals surface area contributed by atoms with Gasteiger partial charge in [0.25, 0.3) is 0 Å². The summed E-state index contributed by atoms with van der Waals surface area (Å²) >= 11 is 0. The molecule has 0 saturated carbocycles. The molecule has 6 nitrogen and oxygen atoms in total. The number of nitrogens with zero attached hydrogens (tertiary/aromatic N) is 1. The zero-order valence-electron chi connectivity index (χ0n) is 14.6. The summed E-state index contributed by atoms with van der Waals surface area (Å²) in [5, 5.41) is 5.83. The van der Waals surface area contributed by atoms with Gasteiger partial charge in [-0.15, -0.1) is 0 Å². The van der Waals surface area contributed by atoms with Crippen molar-refractivity contribution in [3.05, 3.63) is 23.8 Å². The summed E-state index contributed by atoms with van der Waals surface area (Å²) in [4.78, 5) is 37.7. The standard InChI is InChI=1S/C19H25N3O3/c1-2-3-18(24)22-10-8-13(9-11-22)19(25)20-15-5-6-16-14(12-15)4-7-17(23)21-16/h5-6,12-13H,2-4,7-11H2,1H3,(H,20,25)(H,21,23). The Morgan fingerprint density at radius 1 is 1.24 bits per heavy atom. The van der Waals surface area contributed by atoms with Gasteiger partial charge < -0.3 is 15.5 Å². The van der Waals surface area contributed by atoms with Crippen molar-refractivity contribution in [2.24, 2.45) is 5.92 Å². The number of amides is 3. The first-order chi connectivity index (χ1) is 12.1. The van der Waals surface area contributed by atoms with Gasteiger partial charge in [-0.25, -0.2) is 0 Å². The number of benzene rings is 1. The summed E-state index contributed by atoms with van der Waals surface area (Å²) in [7, 11) is 0. The maximum atomic E-state index is 12.5. The number of carbonyl (C=O) groups is 3. The van der Waals surface area contributed by atoms with Crippen LogP contribution in [0.4, 0.5) is 11.4 Å². The monoisotopic (exact) mass is 343 g/mol. The number of likely N-dealkylation sites (tertiary alicyclic amines) is 1. The van der Waals surface area contributed by atoms with Crippen LogP contribution >= 0.6 is 0 Å². The van der Waals surface area contributed by atoms with Crippen molar-refractivity contribution in [2.75, 3.05) is 23.7 Å². The molecule has 2 N–H and O–H groups in total. The lowest BCUT2D eigenvalue weighted by atomic mass is 9.95. The number of hydrogen-bond acceptors (Lipinski definition) is 3. The Hall–Kier alpha value is -2.37. The summed E-state index contributed by atoms with van der Waals surface area (Å²) in [5.41, 5.74) is 2.65. The number of hydrogen-bond donors (Lipinski definition) is 2. The Balaban J connectivity index is 1.55. The summed E-state index contributed by atoms with van der Waals surface area (Å²) in [6.07, 6.45) is 4.04. The maximum absolute atomic E-state index is 12.5. The molecular formula is C19H25N3O3. The summed E-state index contributed by atoms with van der Waals surface area (Å²) in [6.45, 7) is 3.32. The van der Waals surface area contributed by atoms with Gasteiger partial charge in [0.15, 0.2) is 0 Å². The number of piperidine rings is 1. The molecule has 6 heteroatoms. The molecule has 1 saturated heterocycles. The molecule has 3 rings (SSSR count). The fourth-order valence-electron chi connectivity index (χ4n) is 3.47. The van der Waals surface area contributed by atoms with E-state index < -0.39 is 0 Å². The zero-order chi connectivity index (χ0) is 17.8. The Bertz CT molecular complexity index is 678. The van der Waals surface area contributed by atoms with Gasteiger partial charge in [-0.3, -0.25) is 14.4 Å². The van der Waals surface area contributed by atoms with Gasteiger partial charge in [-0.2, -0.15) is 0 Å². The molecular weight excluding hydrogens is 318 g/mol. The third kappa shape index (κ3) is 4.18. The van der Waals surface area contributed by atoms with E-state index in [2.05, 4.69) is 10.6 Å². The smallest absolute Gasteiger partial charge is 0.227 e. The molecule has 0 unspecified atom stereocenters. The van der Waals surface area contributed by atoms with Gasteiger partial charge in [0.05, 0.1) is 0 Å². The van der Waals surface area contributed by atoms with E-state index in [1.807, 2.05) is 30.0 Å². The Morgan fingerprint density at radius 2 is 2.00 bits per heavy atom. The average molecular weight is 343 g/mol. The topological polar surface area (TPSA) is 78.5 Å². The lowest BCUT2D eigenvalue weighted by molar-refractivity contribution is -0.134. The number of carbonyl (C=O) groups excluding carboxylic acids is 3. The lowest BCUT2D eigenvalue weighted by Crippen LogP contribution is -2.41. The molecule has 0 radical (unpaired) electrons. The molecule has 1 aromatic rings. The molecule has 2 heterocycles. The minimum atomic E-state index is -0.0542. The highest BCUT2D eigenvalue weighted by Crippen LogP contribution is 2.27. The van der Waals surface area contributed by atoms with Crippen LogP contribution in [0.1, 0.15) is 44.6 Å². The van der Waals surface area contributed by atoms with Crippen molar-refractivity contribution in [3.63, 3.8) is 0 Å². The van der Waals surface area contributed by atoms with Gasteiger partial charge in [0.1, 0.15) is 0 Å². The van der Waals surface area contributed by atoms with Crippen molar-refractivity contribution in [1.82, 2.24) is 4.90 Å². The SMILES string of the molecule is CCCC(=O)N1CCC(C(=O)Nc2ccc3c(c2)CCC(=O)N3)CC1. The first-order valence-corrected chi connectivity index (χ1v) is 9.08. The van der Waals surface area contributed by atoms with E-state index in [1.165, 1.54) is 0 Å². The van der Waals surface area contributed by atoms with Gasteiger partial charge in [0, 0.05) is 43.2 Å². The first-order valence-electron chi connectivity index (χ1n) is 9.08. The fourth-order valence-corrected chi connectivity index (χ4v) is 3.47. The van der Waals surface area contributed by atoms with Crippen molar-refractivity contribution >= 4 is 29.1 Å².